The van der Waals surface area contributed by atoms with Crippen LogP contribution in [-0.2, 0) is 0 Å². The van der Waals surface area contributed by atoms with Gasteiger partial charge in [0.15, 0.2) is 0 Å². The fourth-order valence-corrected chi connectivity index (χ4v) is 1.87. The molecule has 0 saturated heterocycles. The maximum absolute atomic E-state index is 3.24. The number of allylic oxidation sites excluding steroid dienone is 1. The van der Waals surface area contributed by atoms with Gasteiger partial charge in [0.2, 0.25) is 0 Å². The van der Waals surface area contributed by atoms with E-state index in [1.807, 2.05) is 13.1 Å². The molecular formula is C12H17N3. The van der Waals surface area contributed by atoms with Crippen LogP contribution in [-0.4, -0.2) is 25.6 Å². The van der Waals surface area contributed by atoms with Crippen LogP contribution in [0.15, 0.2) is 41.7 Å². The van der Waals surface area contributed by atoms with Crippen molar-refractivity contribution in [3.63, 3.8) is 0 Å². The minimum absolute atomic E-state index is 0.919. The number of rotatable bonds is 2. The highest BCUT2D eigenvalue weighted by atomic mass is 15.6. The molecule has 0 saturated carbocycles. The average Bonchev–Trinajstić information content (AvgIpc) is 2.57. The molecule has 1 aromatic carbocycles. The molecular weight excluding hydrogens is 186 g/mol. The van der Waals surface area contributed by atoms with Gasteiger partial charge in [-0.25, -0.2) is 0 Å². The zero-order valence-corrected chi connectivity index (χ0v) is 9.49. The number of hydrogen-bond donors (Lipinski definition) is 1. The molecule has 3 heteroatoms. The fraction of sp³-hybridized carbons (Fsp3) is 0.333. The number of nitrogens with one attached hydrogen (secondary N) is 1. The summed E-state index contributed by atoms with van der Waals surface area (Å²) in [5.74, 6) is 0. The van der Waals surface area contributed by atoms with Crippen molar-refractivity contribution in [1.82, 2.24) is 10.3 Å². The van der Waals surface area contributed by atoms with Crippen LogP contribution in [0, 0.1) is 0 Å². The standard InChI is InChI=1S/C12H17N3/c1-10-12(13-2)9-15(14(10)3)11-7-5-4-6-8-11/h4-8,13H,9H2,1-3H3. The first-order valence-corrected chi connectivity index (χ1v) is 5.17. The summed E-state index contributed by atoms with van der Waals surface area (Å²) in [4.78, 5) is 0. The number of anilines is 1. The van der Waals surface area contributed by atoms with Gasteiger partial charge in [-0.2, -0.15) is 0 Å². The second-order valence-corrected chi connectivity index (χ2v) is 3.73. The summed E-state index contributed by atoms with van der Waals surface area (Å²) in [5, 5.41) is 7.67. The molecule has 1 N–H and O–H groups in total. The highest BCUT2D eigenvalue weighted by Crippen LogP contribution is 2.25. The van der Waals surface area contributed by atoms with E-state index in [0.29, 0.717) is 0 Å². The van der Waals surface area contributed by atoms with E-state index in [2.05, 4.69) is 53.6 Å². The molecule has 15 heavy (non-hydrogen) atoms. The SMILES string of the molecule is CNC1=C(C)N(C)N(c2ccccc2)C1. The summed E-state index contributed by atoms with van der Waals surface area (Å²) in [6.45, 7) is 3.05. The van der Waals surface area contributed by atoms with Crippen molar-refractivity contribution in [2.75, 3.05) is 25.6 Å². The Morgan fingerprint density at radius 1 is 1.20 bits per heavy atom. The Bertz CT molecular complexity index is 370. The Morgan fingerprint density at radius 2 is 1.87 bits per heavy atom. The van der Waals surface area contributed by atoms with E-state index in [1.165, 1.54) is 17.1 Å². The predicted octanol–water partition coefficient (Wildman–Crippen LogP) is 1.80. The normalized spacial score (nSPS) is 16.2. The van der Waals surface area contributed by atoms with Crippen LogP contribution < -0.4 is 10.3 Å². The lowest BCUT2D eigenvalue weighted by molar-refractivity contribution is 0.422. The van der Waals surface area contributed by atoms with Crippen molar-refractivity contribution in [2.24, 2.45) is 0 Å². The summed E-state index contributed by atoms with van der Waals surface area (Å²) in [6, 6.07) is 10.4. The molecule has 3 nitrogen and oxygen atoms in total. The molecule has 1 aromatic rings. The van der Waals surface area contributed by atoms with Crippen molar-refractivity contribution in [3.8, 4) is 0 Å². The van der Waals surface area contributed by atoms with Crippen molar-refractivity contribution in [2.45, 2.75) is 6.92 Å². The molecule has 1 aliphatic heterocycles. The Balaban J connectivity index is 2.23. The van der Waals surface area contributed by atoms with Gasteiger partial charge in [0.1, 0.15) is 0 Å². The fourth-order valence-electron chi connectivity index (χ4n) is 1.87. The largest absolute Gasteiger partial charge is 0.388 e. The lowest BCUT2D eigenvalue weighted by Crippen LogP contribution is -2.34. The molecule has 0 unspecified atom stereocenters. The number of hydrazine groups is 1. The summed E-state index contributed by atoms with van der Waals surface area (Å²) >= 11 is 0. The number of para-hydroxylation sites is 1. The van der Waals surface area contributed by atoms with Gasteiger partial charge < -0.3 is 5.32 Å². The molecule has 0 fully saturated rings. The van der Waals surface area contributed by atoms with Crippen LogP contribution in [0.3, 0.4) is 0 Å². The van der Waals surface area contributed by atoms with Gasteiger partial charge in [-0.05, 0) is 19.1 Å². The summed E-state index contributed by atoms with van der Waals surface area (Å²) < 4.78 is 0. The maximum atomic E-state index is 3.24. The lowest BCUT2D eigenvalue weighted by atomic mass is 10.3. The van der Waals surface area contributed by atoms with Crippen LogP contribution >= 0.6 is 0 Å². The van der Waals surface area contributed by atoms with Gasteiger partial charge in [-0.1, -0.05) is 18.2 Å². The quantitative estimate of drug-likeness (QED) is 0.790. The second kappa shape index (κ2) is 3.85. The smallest absolute Gasteiger partial charge is 0.0811 e. The third-order valence-electron chi connectivity index (χ3n) is 2.95. The molecule has 0 bridgehead atoms. The molecule has 0 aromatic heterocycles. The summed E-state index contributed by atoms with van der Waals surface area (Å²) in [5.41, 5.74) is 3.78. The van der Waals surface area contributed by atoms with E-state index >= 15 is 0 Å². The number of nitrogens with zero attached hydrogens (tertiary/aromatic N) is 2. The first-order valence-electron chi connectivity index (χ1n) is 5.17. The maximum Gasteiger partial charge on any atom is 0.0811 e. The van der Waals surface area contributed by atoms with E-state index < -0.39 is 0 Å². The molecule has 1 aliphatic rings. The van der Waals surface area contributed by atoms with Gasteiger partial charge in [0, 0.05) is 14.1 Å². The Morgan fingerprint density at radius 3 is 2.40 bits per heavy atom. The molecule has 0 atom stereocenters. The van der Waals surface area contributed by atoms with Crippen LogP contribution in [0.1, 0.15) is 6.92 Å². The van der Waals surface area contributed by atoms with Crippen LogP contribution in [0.4, 0.5) is 5.69 Å². The predicted molar refractivity (Wildman–Crippen MR) is 63.3 cm³/mol. The van der Waals surface area contributed by atoms with E-state index in [4.69, 9.17) is 0 Å². The minimum atomic E-state index is 0.919. The average molecular weight is 203 g/mol. The van der Waals surface area contributed by atoms with Gasteiger partial charge in [-0.3, -0.25) is 10.0 Å². The Hall–Kier alpha value is -1.64. The highest BCUT2D eigenvalue weighted by Gasteiger charge is 2.23. The molecule has 0 amide bonds. The van der Waals surface area contributed by atoms with E-state index in [1.54, 1.807) is 0 Å². The Labute approximate surface area is 91.0 Å². The first kappa shape index (κ1) is 9.90. The van der Waals surface area contributed by atoms with E-state index in [-0.39, 0.29) is 0 Å². The topological polar surface area (TPSA) is 18.5 Å². The number of likely N-dealkylation sites (N-methyl/N-ethyl adjacent to an activating group) is 1. The molecule has 0 aliphatic carbocycles. The van der Waals surface area contributed by atoms with Crippen LogP contribution in [0.5, 0.6) is 0 Å². The second-order valence-electron chi connectivity index (χ2n) is 3.73. The molecule has 80 valence electrons. The van der Waals surface area contributed by atoms with Crippen molar-refractivity contribution in [3.05, 3.63) is 41.7 Å². The summed E-state index contributed by atoms with van der Waals surface area (Å²) in [6.07, 6.45) is 0. The van der Waals surface area contributed by atoms with Crippen LogP contribution in [0.2, 0.25) is 0 Å². The zero-order chi connectivity index (χ0) is 10.8. The Kier molecular flexibility index (Phi) is 2.54. The number of hydrogen-bond acceptors (Lipinski definition) is 3. The molecule has 0 radical (unpaired) electrons. The molecule has 2 rings (SSSR count). The van der Waals surface area contributed by atoms with Gasteiger partial charge >= 0.3 is 0 Å². The van der Waals surface area contributed by atoms with Crippen molar-refractivity contribution >= 4 is 5.69 Å². The molecule has 1 heterocycles. The minimum Gasteiger partial charge on any atom is -0.388 e. The number of benzene rings is 1. The third-order valence-corrected chi connectivity index (χ3v) is 2.95. The van der Waals surface area contributed by atoms with Crippen LogP contribution in [0.25, 0.3) is 0 Å². The van der Waals surface area contributed by atoms with Gasteiger partial charge in [0.25, 0.3) is 0 Å². The van der Waals surface area contributed by atoms with Crippen molar-refractivity contribution < 1.29 is 0 Å². The van der Waals surface area contributed by atoms with E-state index in [0.717, 1.165) is 6.54 Å². The highest BCUT2D eigenvalue weighted by molar-refractivity contribution is 5.49. The summed E-state index contributed by atoms with van der Waals surface area (Å²) in [7, 11) is 4.06. The van der Waals surface area contributed by atoms with Crippen molar-refractivity contribution in [1.29, 1.82) is 0 Å². The first-order chi connectivity index (χ1) is 7.24. The zero-order valence-electron chi connectivity index (χ0n) is 9.49. The molecule has 0 spiro atoms. The monoisotopic (exact) mass is 203 g/mol. The van der Waals surface area contributed by atoms with Gasteiger partial charge in [-0.15, -0.1) is 0 Å². The van der Waals surface area contributed by atoms with Gasteiger partial charge in [0.05, 0.1) is 23.6 Å². The lowest BCUT2D eigenvalue weighted by Gasteiger charge is -2.29. The van der Waals surface area contributed by atoms with E-state index in [9.17, 15) is 0 Å². The third kappa shape index (κ3) is 1.65.